The summed E-state index contributed by atoms with van der Waals surface area (Å²) in [6, 6.07) is 1.30. The first kappa shape index (κ1) is 11.8. The number of pyridine rings is 1. The van der Waals surface area contributed by atoms with Crippen molar-refractivity contribution < 1.29 is 14.4 Å². The number of carbonyl (C=O) groups is 3. The van der Waals surface area contributed by atoms with Crippen LogP contribution in [0.1, 0.15) is 34.5 Å². The molecule has 1 aromatic heterocycles. The van der Waals surface area contributed by atoms with E-state index in [0.29, 0.717) is 18.5 Å². The van der Waals surface area contributed by atoms with Crippen molar-refractivity contribution in [1.29, 1.82) is 0 Å². The summed E-state index contributed by atoms with van der Waals surface area (Å²) in [5.41, 5.74) is 2.29. The largest absolute Gasteiger partial charge is 0.322 e. The number of rotatable bonds is 1. The zero-order chi connectivity index (χ0) is 13.6. The monoisotopic (exact) mass is 259 g/mol. The standard InChI is InChI=1S/C13H13N3O3/c1-7-4-8-6-16(13(19)9(8)5-14-7)10-2-3-11(17)15-12(10)18/h4-5,10H,2-3,6H2,1H3,(H,15,17,18)/t10-/m1/s1. The number of hydrogen-bond acceptors (Lipinski definition) is 4. The smallest absolute Gasteiger partial charge is 0.256 e. The predicted molar refractivity (Wildman–Crippen MR) is 65.0 cm³/mol. The van der Waals surface area contributed by atoms with Gasteiger partial charge in [-0.05, 0) is 25.0 Å². The summed E-state index contributed by atoms with van der Waals surface area (Å²) in [5, 5.41) is 2.28. The molecule has 1 fully saturated rings. The average molecular weight is 259 g/mol. The maximum atomic E-state index is 12.3. The van der Waals surface area contributed by atoms with Crippen molar-refractivity contribution in [3.8, 4) is 0 Å². The van der Waals surface area contributed by atoms with Gasteiger partial charge in [0.2, 0.25) is 11.8 Å². The molecule has 0 aromatic carbocycles. The number of nitrogens with zero attached hydrogens (tertiary/aromatic N) is 2. The van der Waals surface area contributed by atoms with Crippen molar-refractivity contribution >= 4 is 17.7 Å². The number of imide groups is 1. The lowest BCUT2D eigenvalue weighted by Crippen LogP contribution is -2.52. The van der Waals surface area contributed by atoms with E-state index in [-0.39, 0.29) is 24.1 Å². The Kier molecular flexibility index (Phi) is 2.58. The molecule has 0 radical (unpaired) electrons. The summed E-state index contributed by atoms with van der Waals surface area (Å²) >= 11 is 0. The van der Waals surface area contributed by atoms with E-state index in [1.165, 1.54) is 4.90 Å². The van der Waals surface area contributed by atoms with Crippen LogP contribution in [0.2, 0.25) is 0 Å². The molecular weight excluding hydrogens is 246 g/mol. The number of piperidine rings is 1. The Balaban J connectivity index is 1.87. The Morgan fingerprint density at radius 3 is 2.89 bits per heavy atom. The van der Waals surface area contributed by atoms with Crippen LogP contribution in [0.25, 0.3) is 0 Å². The van der Waals surface area contributed by atoms with Gasteiger partial charge in [-0.2, -0.15) is 0 Å². The number of hydrogen-bond donors (Lipinski definition) is 1. The van der Waals surface area contributed by atoms with Crippen LogP contribution >= 0.6 is 0 Å². The van der Waals surface area contributed by atoms with Gasteiger partial charge >= 0.3 is 0 Å². The van der Waals surface area contributed by atoms with Gasteiger partial charge in [0.15, 0.2) is 0 Å². The number of carbonyl (C=O) groups excluding carboxylic acids is 3. The Hall–Kier alpha value is -2.24. The Morgan fingerprint density at radius 2 is 2.16 bits per heavy atom. The lowest BCUT2D eigenvalue weighted by molar-refractivity contribution is -0.136. The summed E-state index contributed by atoms with van der Waals surface area (Å²) in [7, 11) is 0. The minimum Gasteiger partial charge on any atom is -0.322 e. The van der Waals surface area contributed by atoms with Crippen LogP contribution in [0.5, 0.6) is 0 Å². The Morgan fingerprint density at radius 1 is 1.37 bits per heavy atom. The first-order valence-corrected chi connectivity index (χ1v) is 6.16. The van der Waals surface area contributed by atoms with E-state index in [4.69, 9.17) is 0 Å². The van der Waals surface area contributed by atoms with Crippen LogP contribution in [0.4, 0.5) is 0 Å². The van der Waals surface area contributed by atoms with E-state index in [2.05, 4.69) is 10.3 Å². The summed E-state index contributed by atoms with van der Waals surface area (Å²) < 4.78 is 0. The second-order valence-electron chi connectivity index (χ2n) is 4.88. The van der Waals surface area contributed by atoms with Crippen LogP contribution in [0.15, 0.2) is 12.3 Å². The van der Waals surface area contributed by atoms with Crippen LogP contribution in [-0.4, -0.2) is 33.6 Å². The SMILES string of the molecule is Cc1cc2c(cn1)C(=O)N([C@@H]1CCC(=O)NC1=O)C2. The first-order valence-electron chi connectivity index (χ1n) is 6.16. The van der Waals surface area contributed by atoms with Gasteiger partial charge in [0, 0.05) is 24.9 Å². The summed E-state index contributed by atoms with van der Waals surface area (Å²) in [6.07, 6.45) is 2.21. The molecule has 1 saturated heterocycles. The van der Waals surface area contributed by atoms with Crippen molar-refractivity contribution in [2.24, 2.45) is 0 Å². The maximum Gasteiger partial charge on any atom is 0.256 e. The zero-order valence-electron chi connectivity index (χ0n) is 10.5. The molecule has 3 rings (SSSR count). The topological polar surface area (TPSA) is 79.4 Å². The molecule has 6 nitrogen and oxygen atoms in total. The highest BCUT2D eigenvalue weighted by Gasteiger charge is 2.39. The Bertz CT molecular complexity index is 597. The number of aryl methyl sites for hydroxylation is 1. The highest BCUT2D eigenvalue weighted by molar-refractivity contribution is 6.05. The van der Waals surface area contributed by atoms with Gasteiger partial charge in [-0.3, -0.25) is 24.7 Å². The molecule has 0 aliphatic carbocycles. The summed E-state index contributed by atoms with van der Waals surface area (Å²) in [5.74, 6) is -0.845. The number of aromatic nitrogens is 1. The lowest BCUT2D eigenvalue weighted by Gasteiger charge is -2.29. The molecule has 0 bridgehead atoms. The van der Waals surface area contributed by atoms with Gasteiger partial charge in [0.1, 0.15) is 6.04 Å². The van der Waals surface area contributed by atoms with Gasteiger partial charge in [-0.25, -0.2) is 0 Å². The molecule has 0 spiro atoms. The molecular formula is C13H13N3O3. The summed E-state index contributed by atoms with van der Waals surface area (Å²) in [4.78, 5) is 40.8. The van der Waals surface area contributed by atoms with Gasteiger partial charge < -0.3 is 4.90 Å². The maximum absolute atomic E-state index is 12.3. The number of nitrogens with one attached hydrogen (secondary N) is 1. The van der Waals surface area contributed by atoms with Crippen LogP contribution < -0.4 is 5.32 Å². The first-order chi connectivity index (χ1) is 9.06. The van der Waals surface area contributed by atoms with E-state index >= 15 is 0 Å². The van der Waals surface area contributed by atoms with Crippen LogP contribution in [0, 0.1) is 6.92 Å². The second kappa shape index (κ2) is 4.15. The normalized spacial score (nSPS) is 22.5. The van der Waals surface area contributed by atoms with Crippen LogP contribution in [-0.2, 0) is 16.1 Å². The number of amides is 3. The van der Waals surface area contributed by atoms with E-state index in [0.717, 1.165) is 11.3 Å². The van der Waals surface area contributed by atoms with E-state index in [1.807, 2.05) is 13.0 Å². The van der Waals surface area contributed by atoms with E-state index in [9.17, 15) is 14.4 Å². The molecule has 3 heterocycles. The predicted octanol–water partition coefficient (Wildman–Crippen LogP) is 0.151. The highest BCUT2D eigenvalue weighted by atomic mass is 16.2. The fourth-order valence-corrected chi connectivity index (χ4v) is 2.58. The van der Waals surface area contributed by atoms with Crippen molar-refractivity contribution in [3.05, 3.63) is 29.1 Å². The third-order valence-corrected chi connectivity index (χ3v) is 3.54. The van der Waals surface area contributed by atoms with Crippen molar-refractivity contribution in [2.45, 2.75) is 32.4 Å². The molecule has 19 heavy (non-hydrogen) atoms. The molecule has 0 saturated carbocycles. The summed E-state index contributed by atoms with van der Waals surface area (Å²) in [6.45, 7) is 2.27. The van der Waals surface area contributed by atoms with Crippen LogP contribution in [0.3, 0.4) is 0 Å². The second-order valence-corrected chi connectivity index (χ2v) is 4.88. The Labute approximate surface area is 109 Å². The van der Waals surface area contributed by atoms with Gasteiger partial charge in [-0.1, -0.05) is 0 Å². The van der Waals surface area contributed by atoms with Gasteiger partial charge in [0.05, 0.1) is 5.56 Å². The fourth-order valence-electron chi connectivity index (χ4n) is 2.58. The molecule has 1 N–H and O–H groups in total. The molecule has 6 heteroatoms. The third kappa shape index (κ3) is 1.89. The van der Waals surface area contributed by atoms with E-state index < -0.39 is 6.04 Å². The van der Waals surface area contributed by atoms with E-state index in [1.54, 1.807) is 6.20 Å². The molecule has 2 aliphatic heterocycles. The highest BCUT2D eigenvalue weighted by Crippen LogP contribution is 2.27. The molecule has 2 aliphatic rings. The molecule has 1 aromatic rings. The molecule has 3 amide bonds. The zero-order valence-corrected chi connectivity index (χ0v) is 10.5. The van der Waals surface area contributed by atoms with Crippen molar-refractivity contribution in [2.75, 3.05) is 0 Å². The van der Waals surface area contributed by atoms with Gasteiger partial charge in [0.25, 0.3) is 5.91 Å². The third-order valence-electron chi connectivity index (χ3n) is 3.54. The quantitative estimate of drug-likeness (QED) is 0.728. The molecule has 98 valence electrons. The molecule has 0 unspecified atom stereocenters. The molecule has 1 atom stereocenters. The van der Waals surface area contributed by atoms with Gasteiger partial charge in [-0.15, -0.1) is 0 Å². The number of fused-ring (bicyclic) bond motifs is 1. The van der Waals surface area contributed by atoms with Crippen molar-refractivity contribution in [3.63, 3.8) is 0 Å². The average Bonchev–Trinajstić information content (AvgIpc) is 2.66. The lowest BCUT2D eigenvalue weighted by atomic mass is 10.0. The minimum absolute atomic E-state index is 0.183. The van der Waals surface area contributed by atoms with Crippen molar-refractivity contribution in [1.82, 2.24) is 15.2 Å². The fraction of sp³-hybridized carbons (Fsp3) is 0.385. The minimum atomic E-state index is -0.557.